The van der Waals surface area contributed by atoms with Gasteiger partial charge in [0.2, 0.25) is 0 Å². The number of aryl methyl sites for hydroxylation is 3. The molecule has 0 bridgehead atoms. The number of fused-ring (bicyclic) bond motifs is 1. The van der Waals surface area contributed by atoms with Gasteiger partial charge in [-0.15, -0.1) is 0 Å². The van der Waals surface area contributed by atoms with Crippen LogP contribution in [-0.2, 0) is 24.7 Å². The number of aromatic nitrogens is 4. The Hall–Kier alpha value is -2.64. The lowest BCUT2D eigenvalue weighted by molar-refractivity contribution is -0.118. The molecule has 0 saturated carbocycles. The highest BCUT2D eigenvalue weighted by molar-refractivity contribution is 6.03. The summed E-state index contributed by atoms with van der Waals surface area (Å²) in [4.78, 5) is 26.8. The van der Waals surface area contributed by atoms with Crippen molar-refractivity contribution >= 4 is 17.6 Å². The first-order valence-corrected chi connectivity index (χ1v) is 8.23. The van der Waals surface area contributed by atoms with Crippen LogP contribution in [0.4, 0.5) is 5.82 Å². The van der Waals surface area contributed by atoms with Crippen LogP contribution in [0.5, 0.6) is 0 Å². The number of aromatic amines is 1. The molecule has 1 atom stereocenters. The van der Waals surface area contributed by atoms with Gasteiger partial charge in [-0.05, 0) is 32.6 Å². The van der Waals surface area contributed by atoms with Gasteiger partial charge in [-0.1, -0.05) is 0 Å². The van der Waals surface area contributed by atoms with Crippen molar-refractivity contribution in [1.29, 1.82) is 0 Å². The predicted molar refractivity (Wildman–Crippen MR) is 86.8 cm³/mol. The lowest BCUT2D eigenvalue weighted by atomic mass is 10.1. The number of anilines is 1. The van der Waals surface area contributed by atoms with Gasteiger partial charge in [-0.2, -0.15) is 10.2 Å². The molecule has 2 N–H and O–H groups in total. The number of hydrogen-bond acceptors (Lipinski definition) is 4. The SMILES string of the molecule is Cc1cc(N2CCC(NC(=O)c3n[nH]c4c3CCC4)C2=O)n(C)n1. The zero-order valence-electron chi connectivity index (χ0n) is 13.8. The molecular weight excluding hydrogens is 308 g/mol. The highest BCUT2D eigenvalue weighted by atomic mass is 16.2. The second-order valence-electron chi connectivity index (χ2n) is 6.45. The molecule has 4 rings (SSSR count). The van der Waals surface area contributed by atoms with E-state index in [0.717, 1.165) is 42.0 Å². The van der Waals surface area contributed by atoms with Crippen LogP contribution in [-0.4, -0.2) is 44.4 Å². The quantitative estimate of drug-likeness (QED) is 0.856. The van der Waals surface area contributed by atoms with Gasteiger partial charge in [0.15, 0.2) is 5.69 Å². The molecule has 2 amide bonds. The average molecular weight is 328 g/mol. The van der Waals surface area contributed by atoms with E-state index in [1.807, 2.05) is 20.0 Å². The number of nitrogens with one attached hydrogen (secondary N) is 2. The highest BCUT2D eigenvalue weighted by Gasteiger charge is 2.36. The van der Waals surface area contributed by atoms with Crippen molar-refractivity contribution in [3.05, 3.63) is 28.7 Å². The number of rotatable bonds is 3. The van der Waals surface area contributed by atoms with Crippen molar-refractivity contribution in [1.82, 2.24) is 25.3 Å². The Morgan fingerprint density at radius 2 is 2.25 bits per heavy atom. The van der Waals surface area contributed by atoms with Gasteiger partial charge in [0.05, 0.1) is 5.69 Å². The molecule has 0 spiro atoms. The van der Waals surface area contributed by atoms with Crippen LogP contribution in [0.15, 0.2) is 6.07 Å². The van der Waals surface area contributed by atoms with E-state index >= 15 is 0 Å². The molecule has 2 aliphatic rings. The molecule has 8 nitrogen and oxygen atoms in total. The Labute approximate surface area is 139 Å². The normalized spacial score (nSPS) is 19.8. The third kappa shape index (κ3) is 2.29. The molecule has 8 heteroatoms. The molecule has 1 saturated heterocycles. The molecule has 1 unspecified atom stereocenters. The molecule has 1 aliphatic carbocycles. The first kappa shape index (κ1) is 14.9. The fraction of sp³-hybridized carbons (Fsp3) is 0.500. The summed E-state index contributed by atoms with van der Waals surface area (Å²) in [6.07, 6.45) is 3.43. The monoisotopic (exact) mass is 328 g/mol. The lowest BCUT2D eigenvalue weighted by Crippen LogP contribution is -2.42. The highest BCUT2D eigenvalue weighted by Crippen LogP contribution is 2.24. The van der Waals surface area contributed by atoms with Crippen molar-refractivity contribution in [2.75, 3.05) is 11.4 Å². The summed E-state index contributed by atoms with van der Waals surface area (Å²) in [5.74, 6) is 0.393. The van der Waals surface area contributed by atoms with E-state index < -0.39 is 6.04 Å². The van der Waals surface area contributed by atoms with Gasteiger partial charge in [0, 0.05) is 30.9 Å². The average Bonchev–Trinajstić information content (AvgIpc) is 3.26. The smallest absolute Gasteiger partial charge is 0.272 e. The third-order valence-corrected chi connectivity index (χ3v) is 4.79. The molecule has 0 aromatic carbocycles. The molecule has 2 aromatic rings. The van der Waals surface area contributed by atoms with Crippen molar-refractivity contribution < 1.29 is 9.59 Å². The first-order chi connectivity index (χ1) is 11.5. The van der Waals surface area contributed by atoms with Gasteiger partial charge in [-0.3, -0.25) is 24.3 Å². The van der Waals surface area contributed by atoms with Crippen LogP contribution in [0.25, 0.3) is 0 Å². The van der Waals surface area contributed by atoms with Crippen molar-refractivity contribution in [2.45, 2.75) is 38.6 Å². The summed E-state index contributed by atoms with van der Waals surface area (Å²) < 4.78 is 1.69. The Morgan fingerprint density at radius 3 is 3.00 bits per heavy atom. The summed E-state index contributed by atoms with van der Waals surface area (Å²) in [5, 5.41) is 14.2. The zero-order valence-corrected chi connectivity index (χ0v) is 13.8. The van der Waals surface area contributed by atoms with Crippen molar-refractivity contribution in [2.24, 2.45) is 7.05 Å². The van der Waals surface area contributed by atoms with E-state index in [4.69, 9.17) is 0 Å². The fourth-order valence-electron chi connectivity index (χ4n) is 3.62. The van der Waals surface area contributed by atoms with E-state index in [9.17, 15) is 9.59 Å². The van der Waals surface area contributed by atoms with Gasteiger partial charge >= 0.3 is 0 Å². The summed E-state index contributed by atoms with van der Waals surface area (Å²) in [6, 6.07) is 1.37. The van der Waals surface area contributed by atoms with Gasteiger partial charge < -0.3 is 5.32 Å². The maximum absolute atomic E-state index is 12.6. The minimum Gasteiger partial charge on any atom is -0.339 e. The maximum atomic E-state index is 12.6. The molecule has 0 radical (unpaired) electrons. The largest absolute Gasteiger partial charge is 0.339 e. The Balaban J connectivity index is 1.49. The van der Waals surface area contributed by atoms with E-state index in [-0.39, 0.29) is 11.8 Å². The van der Waals surface area contributed by atoms with Crippen molar-refractivity contribution in [3.63, 3.8) is 0 Å². The molecule has 2 aromatic heterocycles. The zero-order chi connectivity index (χ0) is 16.8. The number of carbonyl (C=O) groups excluding carboxylic acids is 2. The van der Waals surface area contributed by atoms with Crippen LogP contribution in [0, 0.1) is 6.92 Å². The van der Waals surface area contributed by atoms with E-state index in [1.165, 1.54) is 0 Å². The number of H-pyrrole nitrogens is 1. The molecular formula is C16H20N6O2. The first-order valence-electron chi connectivity index (χ1n) is 8.23. The lowest BCUT2D eigenvalue weighted by Gasteiger charge is -2.16. The van der Waals surface area contributed by atoms with Gasteiger partial charge in [0.25, 0.3) is 11.8 Å². The number of hydrogen-bond donors (Lipinski definition) is 2. The number of amides is 2. The Bertz CT molecular complexity index is 821. The summed E-state index contributed by atoms with van der Waals surface area (Å²) >= 11 is 0. The second kappa shape index (κ2) is 5.47. The topological polar surface area (TPSA) is 95.9 Å². The minimum absolute atomic E-state index is 0.0986. The van der Waals surface area contributed by atoms with Gasteiger partial charge in [0.1, 0.15) is 11.9 Å². The molecule has 24 heavy (non-hydrogen) atoms. The third-order valence-electron chi connectivity index (χ3n) is 4.79. The maximum Gasteiger partial charge on any atom is 0.272 e. The van der Waals surface area contributed by atoms with Crippen LogP contribution in [0.3, 0.4) is 0 Å². The Morgan fingerprint density at radius 1 is 1.42 bits per heavy atom. The van der Waals surface area contributed by atoms with Crippen LogP contribution >= 0.6 is 0 Å². The van der Waals surface area contributed by atoms with Crippen LogP contribution < -0.4 is 10.2 Å². The molecule has 1 aliphatic heterocycles. The number of carbonyl (C=O) groups is 2. The van der Waals surface area contributed by atoms with Crippen molar-refractivity contribution in [3.8, 4) is 0 Å². The summed E-state index contributed by atoms with van der Waals surface area (Å²) in [6.45, 7) is 2.46. The fourth-order valence-corrected chi connectivity index (χ4v) is 3.62. The second-order valence-corrected chi connectivity index (χ2v) is 6.45. The summed E-state index contributed by atoms with van der Waals surface area (Å²) in [5.41, 5.74) is 3.34. The Kier molecular flexibility index (Phi) is 3.40. The molecule has 126 valence electrons. The minimum atomic E-state index is -0.513. The van der Waals surface area contributed by atoms with Crippen LogP contribution in [0.1, 0.15) is 40.3 Å². The molecule has 3 heterocycles. The van der Waals surface area contributed by atoms with Gasteiger partial charge in [-0.25, -0.2) is 0 Å². The molecule has 1 fully saturated rings. The number of nitrogens with zero attached hydrogens (tertiary/aromatic N) is 4. The predicted octanol–water partition coefficient (Wildman–Crippen LogP) is 0.476. The summed E-state index contributed by atoms with van der Waals surface area (Å²) in [7, 11) is 1.81. The van der Waals surface area contributed by atoms with E-state index in [0.29, 0.717) is 18.7 Å². The standard InChI is InChI=1S/C16H20N6O2/c1-9-8-13(21(2)20-9)22-7-6-12(16(22)24)17-15(23)14-10-4-3-5-11(10)18-19-14/h8,12H,3-7H2,1-2H3,(H,17,23)(H,18,19). The van der Waals surface area contributed by atoms with Crippen LogP contribution in [0.2, 0.25) is 0 Å². The van der Waals surface area contributed by atoms with E-state index in [2.05, 4.69) is 20.6 Å². The van der Waals surface area contributed by atoms with E-state index in [1.54, 1.807) is 9.58 Å².